The molecule has 2 aromatic rings. The van der Waals surface area contributed by atoms with E-state index in [0.29, 0.717) is 13.0 Å². The van der Waals surface area contributed by atoms with Gasteiger partial charge >= 0.3 is 0 Å². The molecule has 1 aromatic heterocycles. The Bertz CT molecular complexity index is 732. The van der Waals surface area contributed by atoms with Crippen molar-refractivity contribution in [1.82, 2.24) is 4.98 Å². The van der Waals surface area contributed by atoms with Gasteiger partial charge in [-0.3, -0.25) is 9.78 Å². The van der Waals surface area contributed by atoms with Gasteiger partial charge in [0.25, 0.3) is 5.91 Å². The molecule has 0 aliphatic carbocycles. The van der Waals surface area contributed by atoms with Crippen molar-refractivity contribution >= 4 is 22.5 Å². The minimum absolute atomic E-state index is 0.136. The van der Waals surface area contributed by atoms with Crippen LogP contribution in [0.1, 0.15) is 52.9 Å². The molecule has 0 radical (unpaired) electrons. The Hall–Kier alpha value is -2.14. The zero-order chi connectivity index (χ0) is 19.0. The van der Waals surface area contributed by atoms with Crippen molar-refractivity contribution in [2.75, 3.05) is 19.0 Å². The Kier molecular flexibility index (Phi) is 7.39. The van der Waals surface area contributed by atoms with Gasteiger partial charge in [0.15, 0.2) is 0 Å². The molecule has 0 saturated heterocycles. The van der Waals surface area contributed by atoms with E-state index in [4.69, 9.17) is 9.47 Å². The van der Waals surface area contributed by atoms with E-state index in [1.807, 2.05) is 31.2 Å². The highest BCUT2D eigenvalue weighted by Gasteiger charge is 2.32. The zero-order valence-corrected chi connectivity index (χ0v) is 16.3. The molecular formula is C21H30N2O3. The van der Waals surface area contributed by atoms with E-state index in [2.05, 4.69) is 24.1 Å². The number of pyridine rings is 1. The van der Waals surface area contributed by atoms with Crippen LogP contribution in [0.4, 0.5) is 5.69 Å². The molecule has 142 valence electrons. The Morgan fingerprint density at radius 3 is 2.69 bits per heavy atom. The number of unbranched alkanes of at least 4 members (excludes halogenated alkanes) is 2. The summed E-state index contributed by atoms with van der Waals surface area (Å²) in [6.07, 6.45) is 6.50. The number of methoxy groups -OCH3 is 1. The predicted molar refractivity (Wildman–Crippen MR) is 106 cm³/mol. The van der Waals surface area contributed by atoms with Crippen LogP contribution in [-0.2, 0) is 9.53 Å². The largest absolute Gasteiger partial charge is 0.491 e. The second-order valence-electron chi connectivity index (χ2n) is 6.71. The molecule has 5 heteroatoms. The van der Waals surface area contributed by atoms with E-state index in [1.54, 1.807) is 13.3 Å². The summed E-state index contributed by atoms with van der Waals surface area (Å²) in [6, 6.07) is 7.53. The molecule has 2 rings (SSSR count). The molecule has 1 N–H and O–H groups in total. The van der Waals surface area contributed by atoms with E-state index in [9.17, 15) is 4.79 Å². The summed E-state index contributed by atoms with van der Waals surface area (Å²) < 4.78 is 11.3. The topological polar surface area (TPSA) is 60.5 Å². The average molecular weight is 358 g/mol. The van der Waals surface area contributed by atoms with Gasteiger partial charge in [-0.1, -0.05) is 33.1 Å². The maximum atomic E-state index is 12.9. The van der Waals surface area contributed by atoms with E-state index < -0.39 is 5.60 Å². The molecule has 0 unspecified atom stereocenters. The van der Waals surface area contributed by atoms with Crippen LogP contribution in [0.25, 0.3) is 10.9 Å². The molecule has 1 aromatic carbocycles. The zero-order valence-electron chi connectivity index (χ0n) is 16.3. The first-order chi connectivity index (χ1) is 12.6. The number of hydrogen-bond acceptors (Lipinski definition) is 4. The minimum Gasteiger partial charge on any atom is -0.491 e. The van der Waals surface area contributed by atoms with Crippen LogP contribution in [0.15, 0.2) is 30.5 Å². The molecular weight excluding hydrogens is 328 g/mol. The quantitative estimate of drug-likeness (QED) is 0.611. The molecule has 26 heavy (non-hydrogen) atoms. The maximum Gasteiger partial charge on any atom is 0.256 e. The normalized spacial score (nSPS) is 13.4. The van der Waals surface area contributed by atoms with Crippen LogP contribution in [-0.4, -0.2) is 30.2 Å². The second kappa shape index (κ2) is 9.53. The number of hydrogen-bond donors (Lipinski definition) is 1. The summed E-state index contributed by atoms with van der Waals surface area (Å²) in [4.78, 5) is 17.3. The van der Waals surface area contributed by atoms with Gasteiger partial charge in [0.05, 0.1) is 12.3 Å². The minimum atomic E-state index is -0.846. The Morgan fingerprint density at radius 2 is 2.00 bits per heavy atom. The Balaban J connectivity index is 2.25. The van der Waals surface area contributed by atoms with Gasteiger partial charge in [-0.05, 0) is 44.0 Å². The number of rotatable bonds is 10. The number of nitrogens with zero attached hydrogens (tertiary/aromatic N) is 1. The van der Waals surface area contributed by atoms with Gasteiger partial charge in [0.1, 0.15) is 16.9 Å². The van der Waals surface area contributed by atoms with Crippen molar-refractivity contribution in [3.05, 3.63) is 30.5 Å². The van der Waals surface area contributed by atoms with E-state index in [0.717, 1.165) is 48.0 Å². The number of aromatic nitrogens is 1. The van der Waals surface area contributed by atoms with Crippen LogP contribution < -0.4 is 10.1 Å². The number of amides is 1. The fourth-order valence-corrected chi connectivity index (χ4v) is 2.86. The third-order valence-electron chi connectivity index (χ3n) is 4.63. The van der Waals surface area contributed by atoms with Crippen LogP contribution in [0, 0.1) is 0 Å². The average Bonchev–Trinajstić information content (AvgIpc) is 2.67. The lowest BCUT2D eigenvalue weighted by Gasteiger charge is -2.27. The second-order valence-corrected chi connectivity index (χ2v) is 6.71. The fourth-order valence-electron chi connectivity index (χ4n) is 2.86. The van der Waals surface area contributed by atoms with Crippen molar-refractivity contribution in [1.29, 1.82) is 0 Å². The van der Waals surface area contributed by atoms with Crippen LogP contribution in [0.3, 0.4) is 0 Å². The lowest BCUT2D eigenvalue weighted by Crippen LogP contribution is -2.42. The highest BCUT2D eigenvalue weighted by Crippen LogP contribution is 2.31. The highest BCUT2D eigenvalue weighted by atomic mass is 16.5. The third-order valence-corrected chi connectivity index (χ3v) is 4.63. The van der Waals surface area contributed by atoms with E-state index in [1.165, 1.54) is 0 Å². The van der Waals surface area contributed by atoms with Crippen molar-refractivity contribution < 1.29 is 14.3 Å². The van der Waals surface area contributed by atoms with Crippen molar-refractivity contribution in [3.63, 3.8) is 0 Å². The summed E-state index contributed by atoms with van der Waals surface area (Å²) in [5.74, 6) is 0.599. The maximum absolute atomic E-state index is 12.9. The van der Waals surface area contributed by atoms with Crippen molar-refractivity contribution in [2.24, 2.45) is 0 Å². The highest BCUT2D eigenvalue weighted by molar-refractivity contribution is 6.05. The van der Waals surface area contributed by atoms with Crippen LogP contribution >= 0.6 is 0 Å². The first-order valence-corrected chi connectivity index (χ1v) is 9.42. The Labute approximate surface area is 156 Å². The van der Waals surface area contributed by atoms with Crippen LogP contribution in [0.2, 0.25) is 0 Å². The van der Waals surface area contributed by atoms with Crippen LogP contribution in [0.5, 0.6) is 5.75 Å². The summed E-state index contributed by atoms with van der Waals surface area (Å²) in [6.45, 7) is 6.69. The Morgan fingerprint density at radius 1 is 1.19 bits per heavy atom. The third kappa shape index (κ3) is 4.73. The van der Waals surface area contributed by atoms with Gasteiger partial charge in [-0.15, -0.1) is 0 Å². The summed E-state index contributed by atoms with van der Waals surface area (Å²) in [5.41, 5.74) is 0.630. The molecule has 1 heterocycles. The van der Waals surface area contributed by atoms with Gasteiger partial charge in [-0.2, -0.15) is 0 Å². The first-order valence-electron chi connectivity index (χ1n) is 9.42. The molecule has 1 amide bonds. The van der Waals surface area contributed by atoms with Crippen molar-refractivity contribution in [3.8, 4) is 5.75 Å². The molecule has 0 fully saturated rings. The van der Waals surface area contributed by atoms with E-state index >= 15 is 0 Å². The summed E-state index contributed by atoms with van der Waals surface area (Å²) in [5, 5.41) is 3.89. The molecule has 0 bridgehead atoms. The molecule has 0 saturated carbocycles. The summed E-state index contributed by atoms with van der Waals surface area (Å²) >= 11 is 0. The smallest absolute Gasteiger partial charge is 0.256 e. The number of benzene rings is 1. The van der Waals surface area contributed by atoms with Gasteiger partial charge in [-0.25, -0.2) is 0 Å². The number of carbonyl (C=O) groups excluding carboxylic acids is 1. The molecule has 0 spiro atoms. The standard InChI is InChI=1S/C21H30N2O3/c1-5-7-8-13-21(3,25-4)20(24)23-17-11-12-18(26-15-6-2)19-16(17)10-9-14-22-19/h9-12,14H,5-8,13,15H2,1-4H3,(H,23,24)/t21-/m0/s1. The van der Waals surface area contributed by atoms with E-state index in [-0.39, 0.29) is 5.91 Å². The number of anilines is 1. The van der Waals surface area contributed by atoms with Gasteiger partial charge in [0.2, 0.25) is 0 Å². The molecule has 5 nitrogen and oxygen atoms in total. The lowest BCUT2D eigenvalue weighted by molar-refractivity contribution is -0.136. The van der Waals surface area contributed by atoms with Crippen molar-refractivity contribution in [2.45, 2.75) is 58.5 Å². The first kappa shape index (κ1) is 20.2. The number of fused-ring (bicyclic) bond motifs is 1. The fraction of sp³-hybridized carbons (Fsp3) is 0.524. The van der Waals surface area contributed by atoms with Gasteiger partial charge < -0.3 is 14.8 Å². The molecule has 0 aliphatic rings. The number of nitrogens with one attached hydrogen (secondary N) is 1. The number of carbonyl (C=O) groups is 1. The summed E-state index contributed by atoms with van der Waals surface area (Å²) in [7, 11) is 1.59. The molecule has 0 aliphatic heterocycles. The number of ether oxygens (including phenoxy) is 2. The molecule has 1 atom stereocenters. The SMILES string of the molecule is CCCCC[C@](C)(OC)C(=O)Nc1ccc(OCCC)c2ncccc12. The predicted octanol–water partition coefficient (Wildman–Crippen LogP) is 4.95. The van der Waals surface area contributed by atoms with Gasteiger partial charge in [0, 0.05) is 18.7 Å². The lowest BCUT2D eigenvalue weighted by atomic mass is 9.96. The monoisotopic (exact) mass is 358 g/mol.